The number of hydrogen-bond acceptors (Lipinski definition) is 5. The van der Waals surface area contributed by atoms with Crippen LogP contribution in [-0.2, 0) is 6.54 Å². The van der Waals surface area contributed by atoms with Crippen LogP contribution in [0, 0.1) is 0 Å². The molecule has 0 amide bonds. The van der Waals surface area contributed by atoms with E-state index >= 15 is 0 Å². The standard InChI is InChI=1S/C8H11N5/c1-2-9-6-13-7(1)5-12-8-10-3-4-11-8/h1-2,6H,3-5H2,(H2,10,11,12). The van der Waals surface area contributed by atoms with Crippen LogP contribution in [0.3, 0.4) is 0 Å². The molecule has 2 rings (SSSR count). The third-order valence-corrected chi connectivity index (χ3v) is 1.75. The summed E-state index contributed by atoms with van der Waals surface area (Å²) in [4.78, 5) is 12.1. The van der Waals surface area contributed by atoms with E-state index < -0.39 is 0 Å². The topological polar surface area (TPSA) is 62.2 Å². The monoisotopic (exact) mass is 177 g/mol. The van der Waals surface area contributed by atoms with Crippen LogP contribution in [0.4, 0.5) is 0 Å². The summed E-state index contributed by atoms with van der Waals surface area (Å²) in [6, 6.07) is 1.88. The predicted molar refractivity (Wildman–Crippen MR) is 49.2 cm³/mol. The highest BCUT2D eigenvalue weighted by Crippen LogP contribution is 1.90. The first-order valence-electron chi connectivity index (χ1n) is 4.22. The fraction of sp³-hybridized carbons (Fsp3) is 0.375. The van der Waals surface area contributed by atoms with Gasteiger partial charge in [0.1, 0.15) is 6.33 Å². The molecule has 0 unspecified atom stereocenters. The van der Waals surface area contributed by atoms with Gasteiger partial charge in [-0.3, -0.25) is 4.99 Å². The van der Waals surface area contributed by atoms with Gasteiger partial charge in [0.25, 0.3) is 0 Å². The largest absolute Gasteiger partial charge is 0.355 e. The van der Waals surface area contributed by atoms with E-state index in [1.165, 1.54) is 0 Å². The average Bonchev–Trinajstić information content (AvgIpc) is 2.69. The molecule has 2 N–H and O–H groups in total. The van der Waals surface area contributed by atoms with Crippen LogP contribution < -0.4 is 10.6 Å². The zero-order chi connectivity index (χ0) is 8.93. The molecule has 0 aliphatic carbocycles. The van der Waals surface area contributed by atoms with Crippen molar-refractivity contribution in [2.24, 2.45) is 4.99 Å². The molecule has 1 aliphatic rings. The van der Waals surface area contributed by atoms with Crippen LogP contribution in [0.25, 0.3) is 0 Å². The Labute approximate surface area is 76.3 Å². The highest BCUT2D eigenvalue weighted by molar-refractivity contribution is 5.81. The maximum atomic E-state index is 4.20. The van der Waals surface area contributed by atoms with Crippen LogP contribution in [0.1, 0.15) is 5.69 Å². The van der Waals surface area contributed by atoms with Crippen molar-refractivity contribution in [1.82, 2.24) is 20.6 Å². The SMILES string of the molecule is c1cc(CNC2=NCCN2)ncn1. The number of nitrogens with zero attached hydrogens (tertiary/aromatic N) is 3. The first-order valence-corrected chi connectivity index (χ1v) is 4.22. The summed E-state index contributed by atoms with van der Waals surface area (Å²) in [6.45, 7) is 2.46. The van der Waals surface area contributed by atoms with E-state index in [0.29, 0.717) is 6.54 Å². The van der Waals surface area contributed by atoms with Gasteiger partial charge < -0.3 is 10.6 Å². The van der Waals surface area contributed by atoms with Gasteiger partial charge in [0.2, 0.25) is 0 Å². The Morgan fingerprint density at radius 1 is 1.54 bits per heavy atom. The number of rotatable bonds is 2. The first kappa shape index (κ1) is 7.97. The van der Waals surface area contributed by atoms with Gasteiger partial charge in [-0.25, -0.2) is 9.97 Å². The molecule has 5 nitrogen and oxygen atoms in total. The summed E-state index contributed by atoms with van der Waals surface area (Å²) >= 11 is 0. The van der Waals surface area contributed by atoms with Crippen molar-refractivity contribution in [3.63, 3.8) is 0 Å². The highest BCUT2D eigenvalue weighted by Gasteiger charge is 2.03. The van der Waals surface area contributed by atoms with Crippen LogP contribution in [0.5, 0.6) is 0 Å². The molecule has 68 valence electrons. The number of nitrogens with one attached hydrogen (secondary N) is 2. The fourth-order valence-electron chi connectivity index (χ4n) is 1.11. The summed E-state index contributed by atoms with van der Waals surface area (Å²) < 4.78 is 0. The number of aliphatic imine (C=N–C) groups is 1. The Bertz CT molecular complexity index is 295. The molecule has 1 aromatic heterocycles. The molecular weight excluding hydrogens is 166 g/mol. The van der Waals surface area contributed by atoms with Crippen molar-refractivity contribution in [1.29, 1.82) is 0 Å². The van der Waals surface area contributed by atoms with Gasteiger partial charge in [0, 0.05) is 12.7 Å². The lowest BCUT2D eigenvalue weighted by molar-refractivity contribution is 0.834. The molecule has 0 radical (unpaired) electrons. The van der Waals surface area contributed by atoms with Crippen molar-refractivity contribution in [3.05, 3.63) is 24.3 Å². The van der Waals surface area contributed by atoms with E-state index in [1.54, 1.807) is 12.5 Å². The molecule has 0 bridgehead atoms. The van der Waals surface area contributed by atoms with E-state index in [0.717, 1.165) is 24.7 Å². The summed E-state index contributed by atoms with van der Waals surface area (Å²) in [5, 5.41) is 6.27. The van der Waals surface area contributed by atoms with Gasteiger partial charge in [0.05, 0.1) is 18.8 Å². The molecule has 1 aromatic rings. The Kier molecular flexibility index (Phi) is 2.35. The summed E-state index contributed by atoms with van der Waals surface area (Å²) in [7, 11) is 0. The van der Waals surface area contributed by atoms with Crippen LogP contribution in [0.2, 0.25) is 0 Å². The highest BCUT2D eigenvalue weighted by atomic mass is 15.2. The molecule has 0 aromatic carbocycles. The minimum atomic E-state index is 0.689. The zero-order valence-corrected chi connectivity index (χ0v) is 7.20. The molecule has 2 heterocycles. The quantitative estimate of drug-likeness (QED) is 0.641. The van der Waals surface area contributed by atoms with Crippen LogP contribution in [0.15, 0.2) is 23.6 Å². The van der Waals surface area contributed by atoms with Gasteiger partial charge in [0.15, 0.2) is 5.96 Å². The maximum absolute atomic E-state index is 4.20. The van der Waals surface area contributed by atoms with Crippen LogP contribution in [-0.4, -0.2) is 29.0 Å². The van der Waals surface area contributed by atoms with Gasteiger partial charge in [-0.15, -0.1) is 0 Å². The molecule has 0 atom stereocenters. The Morgan fingerprint density at radius 3 is 3.23 bits per heavy atom. The Hall–Kier alpha value is -1.65. The van der Waals surface area contributed by atoms with E-state index in [9.17, 15) is 0 Å². The van der Waals surface area contributed by atoms with E-state index in [1.807, 2.05) is 6.07 Å². The lowest BCUT2D eigenvalue weighted by Gasteiger charge is -2.04. The second-order valence-electron chi connectivity index (χ2n) is 2.71. The lowest BCUT2D eigenvalue weighted by Crippen LogP contribution is -2.33. The van der Waals surface area contributed by atoms with Gasteiger partial charge in [-0.05, 0) is 6.07 Å². The van der Waals surface area contributed by atoms with Gasteiger partial charge in [-0.1, -0.05) is 0 Å². The molecule has 13 heavy (non-hydrogen) atoms. The molecule has 5 heteroatoms. The predicted octanol–water partition coefficient (Wildman–Crippen LogP) is -0.475. The second kappa shape index (κ2) is 3.84. The third kappa shape index (κ3) is 2.14. The van der Waals surface area contributed by atoms with Gasteiger partial charge >= 0.3 is 0 Å². The Morgan fingerprint density at radius 2 is 2.54 bits per heavy atom. The number of guanidine groups is 1. The van der Waals surface area contributed by atoms with Gasteiger partial charge in [-0.2, -0.15) is 0 Å². The lowest BCUT2D eigenvalue weighted by atomic mass is 10.4. The number of hydrogen-bond donors (Lipinski definition) is 2. The van der Waals surface area contributed by atoms with E-state index in [2.05, 4.69) is 25.6 Å². The summed E-state index contributed by atoms with van der Waals surface area (Å²) in [6.07, 6.45) is 3.27. The van der Waals surface area contributed by atoms with E-state index in [4.69, 9.17) is 0 Å². The average molecular weight is 177 g/mol. The minimum Gasteiger partial charge on any atom is -0.355 e. The van der Waals surface area contributed by atoms with E-state index in [-0.39, 0.29) is 0 Å². The van der Waals surface area contributed by atoms with Crippen LogP contribution >= 0.6 is 0 Å². The minimum absolute atomic E-state index is 0.689. The smallest absolute Gasteiger partial charge is 0.191 e. The van der Waals surface area contributed by atoms with Crippen molar-refractivity contribution >= 4 is 5.96 Å². The number of aromatic nitrogens is 2. The van der Waals surface area contributed by atoms with Crippen molar-refractivity contribution in [2.75, 3.05) is 13.1 Å². The molecule has 0 fully saturated rings. The molecule has 0 saturated heterocycles. The normalized spacial score (nSPS) is 14.9. The maximum Gasteiger partial charge on any atom is 0.191 e. The molecule has 1 aliphatic heterocycles. The molecular formula is C8H11N5. The van der Waals surface area contributed by atoms with Crippen molar-refractivity contribution < 1.29 is 0 Å². The molecule has 0 spiro atoms. The molecule has 0 saturated carbocycles. The van der Waals surface area contributed by atoms with Crippen molar-refractivity contribution in [2.45, 2.75) is 6.54 Å². The van der Waals surface area contributed by atoms with Crippen molar-refractivity contribution in [3.8, 4) is 0 Å². The summed E-state index contributed by atoms with van der Waals surface area (Å²) in [5.41, 5.74) is 0.964. The first-order chi connectivity index (χ1) is 6.45. The second-order valence-corrected chi connectivity index (χ2v) is 2.71. The zero-order valence-electron chi connectivity index (χ0n) is 7.20. The fourth-order valence-corrected chi connectivity index (χ4v) is 1.11. The Balaban J connectivity index is 1.86. The third-order valence-electron chi connectivity index (χ3n) is 1.75. The summed E-state index contributed by atoms with van der Waals surface area (Å²) in [5.74, 6) is 0.860.